The lowest BCUT2D eigenvalue weighted by atomic mass is 9.96. The van der Waals surface area contributed by atoms with Crippen LogP contribution in [0.2, 0.25) is 0 Å². The van der Waals surface area contributed by atoms with Crippen LogP contribution in [0, 0.1) is 0 Å². The molecule has 4 nitrogen and oxygen atoms in total. The van der Waals surface area contributed by atoms with Crippen molar-refractivity contribution in [1.29, 1.82) is 0 Å². The summed E-state index contributed by atoms with van der Waals surface area (Å²) >= 11 is 1.86. The van der Waals surface area contributed by atoms with Gasteiger partial charge in [-0.1, -0.05) is 96.7 Å². The van der Waals surface area contributed by atoms with E-state index >= 15 is 0 Å². The van der Waals surface area contributed by atoms with E-state index in [1.54, 1.807) is 0 Å². The first-order chi connectivity index (χ1) is 23.3. The molecular formula is C42H25N3OS. The van der Waals surface area contributed by atoms with Gasteiger partial charge in [-0.2, -0.15) is 0 Å². The summed E-state index contributed by atoms with van der Waals surface area (Å²) in [6, 6.07) is 49.7. The summed E-state index contributed by atoms with van der Waals surface area (Å²) in [6.45, 7) is 0. The van der Waals surface area contributed by atoms with Crippen molar-refractivity contribution in [3.8, 4) is 16.8 Å². The number of aromatic amines is 1. The lowest BCUT2D eigenvalue weighted by molar-refractivity contribution is 0.669. The summed E-state index contributed by atoms with van der Waals surface area (Å²) in [5.41, 5.74) is 12.2. The third-order valence-electron chi connectivity index (χ3n) is 9.70. The molecule has 10 aromatic rings. The Labute approximate surface area is 273 Å². The van der Waals surface area contributed by atoms with E-state index in [0.29, 0.717) is 0 Å². The zero-order valence-electron chi connectivity index (χ0n) is 25.0. The minimum Gasteiger partial charge on any atom is -0.456 e. The van der Waals surface area contributed by atoms with Gasteiger partial charge in [0.1, 0.15) is 11.2 Å². The first kappa shape index (κ1) is 25.3. The van der Waals surface area contributed by atoms with E-state index in [-0.39, 0.29) is 0 Å². The molecule has 0 unspecified atom stereocenters. The second kappa shape index (κ2) is 9.32. The van der Waals surface area contributed by atoms with Crippen LogP contribution in [0.4, 0.5) is 11.4 Å². The van der Waals surface area contributed by atoms with Gasteiger partial charge < -0.3 is 19.3 Å². The first-order valence-electron chi connectivity index (χ1n) is 15.9. The predicted molar refractivity (Wildman–Crippen MR) is 197 cm³/mol. The van der Waals surface area contributed by atoms with Crippen LogP contribution in [-0.2, 0) is 0 Å². The van der Waals surface area contributed by atoms with E-state index in [4.69, 9.17) is 4.42 Å². The van der Waals surface area contributed by atoms with E-state index in [2.05, 4.69) is 142 Å². The molecule has 5 heteroatoms. The topological polar surface area (TPSA) is 45.9 Å². The summed E-state index contributed by atoms with van der Waals surface area (Å²) in [7, 11) is 0. The van der Waals surface area contributed by atoms with Crippen LogP contribution in [0.3, 0.4) is 0 Å². The molecule has 0 spiro atoms. The van der Waals surface area contributed by atoms with Crippen molar-refractivity contribution in [3.05, 3.63) is 140 Å². The number of H-pyrrole nitrogens is 1. The average molecular weight is 620 g/mol. The molecule has 4 heterocycles. The van der Waals surface area contributed by atoms with Gasteiger partial charge in [0.05, 0.1) is 27.9 Å². The van der Waals surface area contributed by atoms with Crippen LogP contribution < -0.4 is 5.32 Å². The molecule has 1 aliphatic rings. The van der Waals surface area contributed by atoms with E-state index in [0.717, 1.165) is 55.6 Å². The maximum absolute atomic E-state index is 6.23. The van der Waals surface area contributed by atoms with Crippen molar-refractivity contribution in [1.82, 2.24) is 9.55 Å². The second-order valence-electron chi connectivity index (χ2n) is 12.3. The highest BCUT2D eigenvalue weighted by Crippen LogP contribution is 2.55. The number of furan rings is 1. The summed E-state index contributed by atoms with van der Waals surface area (Å²) < 4.78 is 8.68. The molecule has 220 valence electrons. The highest BCUT2D eigenvalue weighted by Gasteiger charge is 2.29. The van der Waals surface area contributed by atoms with Crippen molar-refractivity contribution in [2.45, 2.75) is 9.79 Å². The van der Waals surface area contributed by atoms with Crippen molar-refractivity contribution < 1.29 is 4.42 Å². The van der Waals surface area contributed by atoms with Crippen LogP contribution in [0.1, 0.15) is 0 Å². The minimum atomic E-state index is 0.904. The van der Waals surface area contributed by atoms with Gasteiger partial charge in [-0.3, -0.25) is 0 Å². The number of benzene rings is 7. The monoisotopic (exact) mass is 619 g/mol. The number of aromatic nitrogens is 2. The molecule has 7 aromatic carbocycles. The molecule has 0 saturated heterocycles. The molecule has 0 bridgehead atoms. The fraction of sp³-hybridized carbons (Fsp3) is 0. The second-order valence-corrected chi connectivity index (χ2v) is 13.3. The molecule has 0 amide bonds. The zero-order valence-corrected chi connectivity index (χ0v) is 25.9. The molecule has 0 radical (unpaired) electrons. The Kier molecular flexibility index (Phi) is 5.02. The maximum Gasteiger partial charge on any atom is 0.135 e. The van der Waals surface area contributed by atoms with E-state index in [1.807, 2.05) is 23.9 Å². The Morgan fingerprint density at radius 2 is 1.38 bits per heavy atom. The fourth-order valence-electron chi connectivity index (χ4n) is 7.72. The SMILES string of the molecule is c1ccc(-n2c3cccc(-c4ccc5oc6ccccc6c5c4)c3c3c4[nH]c5ccccc5c4c4c(c32)Nc2ccccc2S4)cc1. The van der Waals surface area contributed by atoms with Crippen LogP contribution in [0.5, 0.6) is 0 Å². The third-order valence-corrected chi connectivity index (χ3v) is 10.9. The minimum absolute atomic E-state index is 0.904. The molecule has 2 N–H and O–H groups in total. The average Bonchev–Trinajstić information content (AvgIpc) is 3.81. The Hall–Kier alpha value is -5.91. The number of para-hydroxylation sites is 4. The number of anilines is 2. The van der Waals surface area contributed by atoms with Crippen molar-refractivity contribution in [2.24, 2.45) is 0 Å². The van der Waals surface area contributed by atoms with Crippen LogP contribution in [0.25, 0.3) is 82.4 Å². The Morgan fingerprint density at radius 1 is 0.596 bits per heavy atom. The van der Waals surface area contributed by atoms with Gasteiger partial charge in [-0.15, -0.1) is 0 Å². The molecule has 11 rings (SSSR count). The zero-order chi connectivity index (χ0) is 30.6. The fourth-order valence-corrected chi connectivity index (χ4v) is 8.88. The highest BCUT2D eigenvalue weighted by atomic mass is 32.2. The maximum atomic E-state index is 6.23. The number of fused-ring (bicyclic) bond motifs is 14. The Morgan fingerprint density at radius 3 is 2.32 bits per heavy atom. The van der Waals surface area contributed by atoms with Gasteiger partial charge in [0, 0.05) is 53.3 Å². The number of rotatable bonds is 2. The largest absolute Gasteiger partial charge is 0.456 e. The summed E-state index contributed by atoms with van der Waals surface area (Å²) in [5.74, 6) is 0. The lowest BCUT2D eigenvalue weighted by Gasteiger charge is -2.24. The van der Waals surface area contributed by atoms with E-state index < -0.39 is 0 Å². The standard InChI is InChI=1S/C42H25N3OS/c1-2-11-25(12-3-1)45-32-18-10-15-26(24-21-22-34-29(23-24)27-13-5-8-19-33(27)46-34)36(32)38-39-37(28-14-4-6-16-30(28)43-39)42-40(41(38)45)44-31-17-7-9-20-35(31)47-42/h1-23,43-44H. The van der Waals surface area contributed by atoms with Gasteiger partial charge >= 0.3 is 0 Å². The number of hydrogen-bond donors (Lipinski definition) is 2. The highest BCUT2D eigenvalue weighted by molar-refractivity contribution is 8.00. The summed E-state index contributed by atoms with van der Waals surface area (Å²) in [4.78, 5) is 6.39. The number of nitrogens with one attached hydrogen (secondary N) is 2. The summed E-state index contributed by atoms with van der Waals surface area (Å²) in [6.07, 6.45) is 0. The number of nitrogens with zero attached hydrogens (tertiary/aromatic N) is 1. The van der Waals surface area contributed by atoms with Crippen LogP contribution in [-0.4, -0.2) is 9.55 Å². The lowest BCUT2D eigenvalue weighted by Crippen LogP contribution is -2.04. The molecule has 0 aliphatic carbocycles. The first-order valence-corrected chi connectivity index (χ1v) is 16.7. The molecule has 0 atom stereocenters. The van der Waals surface area contributed by atoms with E-state index in [1.165, 1.54) is 47.9 Å². The van der Waals surface area contributed by atoms with Gasteiger partial charge in [0.15, 0.2) is 0 Å². The molecular weight excluding hydrogens is 595 g/mol. The smallest absolute Gasteiger partial charge is 0.135 e. The number of hydrogen-bond acceptors (Lipinski definition) is 3. The van der Waals surface area contributed by atoms with Crippen LogP contribution >= 0.6 is 11.8 Å². The van der Waals surface area contributed by atoms with Crippen molar-refractivity contribution >= 4 is 88.7 Å². The van der Waals surface area contributed by atoms with Gasteiger partial charge in [-0.05, 0) is 65.7 Å². The molecule has 0 fully saturated rings. The molecule has 47 heavy (non-hydrogen) atoms. The molecule has 1 aliphatic heterocycles. The third kappa shape index (κ3) is 3.44. The van der Waals surface area contributed by atoms with Crippen molar-refractivity contribution in [3.63, 3.8) is 0 Å². The van der Waals surface area contributed by atoms with Gasteiger partial charge in [0.25, 0.3) is 0 Å². The predicted octanol–water partition coefficient (Wildman–Crippen LogP) is 12.2. The van der Waals surface area contributed by atoms with Gasteiger partial charge in [-0.25, -0.2) is 0 Å². The molecule has 3 aromatic heterocycles. The van der Waals surface area contributed by atoms with Crippen LogP contribution in [0.15, 0.2) is 154 Å². The Balaban J connectivity index is 1.35. The quantitative estimate of drug-likeness (QED) is 0.202. The normalized spacial score (nSPS) is 12.8. The van der Waals surface area contributed by atoms with Crippen molar-refractivity contribution in [2.75, 3.05) is 5.32 Å². The Bertz CT molecular complexity index is 2910. The molecule has 0 saturated carbocycles. The summed E-state index contributed by atoms with van der Waals surface area (Å²) in [5, 5.41) is 11.1. The van der Waals surface area contributed by atoms with E-state index in [9.17, 15) is 0 Å². The van der Waals surface area contributed by atoms with Gasteiger partial charge in [0.2, 0.25) is 0 Å².